The van der Waals surface area contributed by atoms with E-state index in [1.54, 1.807) is 0 Å². The summed E-state index contributed by atoms with van der Waals surface area (Å²) in [5.41, 5.74) is 0. The molecule has 3 atom stereocenters. The Morgan fingerprint density at radius 3 is 2.25 bits per heavy atom. The fraction of sp³-hybridized carbons (Fsp3) is 0.944. The molecule has 0 aliphatic carbocycles. The van der Waals surface area contributed by atoms with Crippen molar-refractivity contribution in [1.82, 2.24) is 20.0 Å². The van der Waals surface area contributed by atoms with Gasteiger partial charge in [-0.2, -0.15) is 0 Å². The molecule has 0 saturated carbocycles. The van der Waals surface area contributed by atoms with E-state index in [0.717, 1.165) is 44.0 Å². The van der Waals surface area contributed by atoms with Gasteiger partial charge < -0.3 is 15.1 Å². The molecule has 2 heterocycles. The second-order valence-electron chi connectivity index (χ2n) is 7.73. The molecule has 2 fully saturated rings. The summed E-state index contributed by atoms with van der Waals surface area (Å²) in [6, 6.07) is 0.525. The second kappa shape index (κ2) is 10.8. The molecule has 142 valence electrons. The molecule has 0 aromatic rings. The minimum absolute atomic E-state index is 0. The molecule has 3 unspecified atom stereocenters. The summed E-state index contributed by atoms with van der Waals surface area (Å²) in [6.07, 6.45) is 1.34. The molecular weight excluding hydrogens is 413 g/mol. The minimum Gasteiger partial charge on any atom is -0.357 e. The van der Waals surface area contributed by atoms with Gasteiger partial charge in [0.15, 0.2) is 5.96 Å². The van der Waals surface area contributed by atoms with Crippen LogP contribution >= 0.6 is 24.0 Å². The summed E-state index contributed by atoms with van der Waals surface area (Å²) in [5.74, 6) is 2.64. The Balaban J connectivity index is 0.00000288. The van der Waals surface area contributed by atoms with E-state index in [9.17, 15) is 0 Å². The zero-order valence-corrected chi connectivity index (χ0v) is 18.6. The van der Waals surface area contributed by atoms with Crippen LogP contribution in [0.3, 0.4) is 0 Å². The number of nitrogens with one attached hydrogen (secondary N) is 1. The molecule has 0 aromatic heterocycles. The first-order valence-electron chi connectivity index (χ1n) is 9.45. The lowest BCUT2D eigenvalue weighted by atomic mass is 9.92. The monoisotopic (exact) mass is 451 g/mol. The van der Waals surface area contributed by atoms with Crippen molar-refractivity contribution in [3.8, 4) is 0 Å². The van der Waals surface area contributed by atoms with Crippen molar-refractivity contribution >= 4 is 29.9 Å². The number of nitrogens with zero attached hydrogens (tertiary/aromatic N) is 4. The maximum absolute atomic E-state index is 4.98. The fourth-order valence-corrected chi connectivity index (χ4v) is 3.86. The lowest BCUT2D eigenvalue weighted by Gasteiger charge is -2.38. The zero-order chi connectivity index (χ0) is 16.8. The number of aliphatic imine (C=N–C) groups is 1. The maximum atomic E-state index is 4.98. The van der Waals surface area contributed by atoms with Crippen molar-refractivity contribution in [1.29, 1.82) is 0 Å². The maximum Gasteiger partial charge on any atom is 0.193 e. The van der Waals surface area contributed by atoms with Crippen LogP contribution in [0, 0.1) is 11.8 Å². The molecule has 0 bridgehead atoms. The van der Waals surface area contributed by atoms with Crippen LogP contribution in [0.25, 0.3) is 0 Å². The third kappa shape index (κ3) is 6.67. The van der Waals surface area contributed by atoms with Gasteiger partial charge in [0.05, 0.1) is 6.54 Å². The number of guanidine groups is 1. The largest absolute Gasteiger partial charge is 0.357 e. The van der Waals surface area contributed by atoms with Gasteiger partial charge in [-0.25, -0.2) is 0 Å². The average Bonchev–Trinajstić information content (AvgIpc) is 2.50. The highest BCUT2D eigenvalue weighted by Crippen LogP contribution is 2.21. The summed E-state index contributed by atoms with van der Waals surface area (Å²) in [7, 11) is 2.21. The predicted molar refractivity (Wildman–Crippen MR) is 114 cm³/mol. The van der Waals surface area contributed by atoms with Gasteiger partial charge in [0.2, 0.25) is 0 Å². The molecule has 2 rings (SSSR count). The van der Waals surface area contributed by atoms with E-state index < -0.39 is 0 Å². The van der Waals surface area contributed by atoms with E-state index in [1.165, 1.54) is 32.6 Å². The van der Waals surface area contributed by atoms with Crippen LogP contribution in [0.4, 0.5) is 0 Å². The first kappa shape index (κ1) is 22.0. The normalized spacial score (nSPS) is 28.4. The van der Waals surface area contributed by atoms with E-state index in [-0.39, 0.29) is 24.0 Å². The molecule has 0 spiro atoms. The van der Waals surface area contributed by atoms with Gasteiger partial charge in [-0.05, 0) is 39.2 Å². The lowest BCUT2D eigenvalue weighted by molar-refractivity contribution is 0.121. The molecule has 6 heteroatoms. The van der Waals surface area contributed by atoms with Crippen LogP contribution in [-0.4, -0.2) is 86.1 Å². The molecule has 2 aliphatic rings. The standard InChI is InChI=1S/C18H37N5.HI/c1-6-19-18(23-13-15(2)11-16(3)14-23)20-12-17(4)22-9-7-21(5)8-10-22;/h15-17H,6-14H2,1-5H3,(H,19,20);1H. The number of hydrogen-bond acceptors (Lipinski definition) is 3. The number of rotatable bonds is 4. The molecule has 2 saturated heterocycles. The quantitative estimate of drug-likeness (QED) is 0.404. The van der Waals surface area contributed by atoms with Crippen molar-refractivity contribution in [2.75, 3.05) is 59.4 Å². The molecular formula is C18H38IN5. The molecule has 0 radical (unpaired) electrons. The van der Waals surface area contributed by atoms with E-state index >= 15 is 0 Å². The van der Waals surface area contributed by atoms with Crippen LogP contribution in [0.2, 0.25) is 0 Å². The van der Waals surface area contributed by atoms with Crippen molar-refractivity contribution in [2.24, 2.45) is 16.8 Å². The highest BCUT2D eigenvalue weighted by molar-refractivity contribution is 14.0. The molecule has 0 amide bonds. The number of piperazine rings is 1. The molecule has 2 aliphatic heterocycles. The van der Waals surface area contributed by atoms with E-state index in [0.29, 0.717) is 6.04 Å². The molecule has 24 heavy (non-hydrogen) atoms. The van der Waals surface area contributed by atoms with Crippen LogP contribution < -0.4 is 5.32 Å². The summed E-state index contributed by atoms with van der Waals surface area (Å²) in [4.78, 5) is 12.4. The number of likely N-dealkylation sites (N-methyl/N-ethyl adjacent to an activating group) is 1. The van der Waals surface area contributed by atoms with Crippen molar-refractivity contribution in [2.45, 2.75) is 40.2 Å². The third-order valence-electron chi connectivity index (χ3n) is 5.17. The van der Waals surface area contributed by atoms with Gasteiger partial charge in [0.25, 0.3) is 0 Å². The summed E-state index contributed by atoms with van der Waals surface area (Å²) < 4.78 is 0. The van der Waals surface area contributed by atoms with Gasteiger partial charge in [-0.15, -0.1) is 24.0 Å². The Hall–Kier alpha value is -0.0800. The number of likely N-dealkylation sites (tertiary alicyclic amines) is 1. The first-order valence-corrected chi connectivity index (χ1v) is 9.45. The van der Waals surface area contributed by atoms with Crippen LogP contribution in [0.5, 0.6) is 0 Å². The Morgan fingerprint density at radius 2 is 1.71 bits per heavy atom. The Bertz CT molecular complexity index is 372. The van der Waals surface area contributed by atoms with E-state index in [1.807, 2.05) is 0 Å². The Labute approximate surface area is 166 Å². The molecule has 1 N–H and O–H groups in total. The highest BCUT2D eigenvalue weighted by Gasteiger charge is 2.24. The van der Waals surface area contributed by atoms with Crippen molar-refractivity contribution in [3.63, 3.8) is 0 Å². The second-order valence-corrected chi connectivity index (χ2v) is 7.73. The smallest absolute Gasteiger partial charge is 0.193 e. The Morgan fingerprint density at radius 1 is 1.12 bits per heavy atom. The highest BCUT2D eigenvalue weighted by atomic mass is 127. The van der Waals surface area contributed by atoms with Gasteiger partial charge in [-0.1, -0.05) is 13.8 Å². The summed E-state index contributed by atoms with van der Waals surface area (Å²) >= 11 is 0. The predicted octanol–water partition coefficient (Wildman–Crippen LogP) is 2.18. The van der Waals surface area contributed by atoms with Gasteiger partial charge >= 0.3 is 0 Å². The Kier molecular flexibility index (Phi) is 9.89. The molecule has 5 nitrogen and oxygen atoms in total. The third-order valence-corrected chi connectivity index (χ3v) is 5.17. The number of piperidine rings is 1. The lowest BCUT2D eigenvalue weighted by Crippen LogP contribution is -2.50. The number of halogens is 1. The zero-order valence-electron chi connectivity index (χ0n) is 16.3. The van der Waals surface area contributed by atoms with Crippen molar-refractivity contribution in [3.05, 3.63) is 0 Å². The van der Waals surface area contributed by atoms with Gasteiger partial charge in [0.1, 0.15) is 0 Å². The van der Waals surface area contributed by atoms with Gasteiger partial charge in [0, 0.05) is 51.9 Å². The van der Waals surface area contributed by atoms with Crippen LogP contribution in [-0.2, 0) is 0 Å². The van der Waals surface area contributed by atoms with Crippen LogP contribution in [0.15, 0.2) is 4.99 Å². The van der Waals surface area contributed by atoms with Crippen LogP contribution in [0.1, 0.15) is 34.1 Å². The van der Waals surface area contributed by atoms with Crippen molar-refractivity contribution < 1.29 is 0 Å². The van der Waals surface area contributed by atoms with E-state index in [4.69, 9.17) is 4.99 Å². The van der Waals surface area contributed by atoms with Gasteiger partial charge in [-0.3, -0.25) is 9.89 Å². The minimum atomic E-state index is 0. The topological polar surface area (TPSA) is 34.1 Å². The summed E-state index contributed by atoms with van der Waals surface area (Å²) in [6.45, 7) is 18.0. The first-order chi connectivity index (χ1) is 11.0. The fourth-order valence-electron chi connectivity index (χ4n) is 3.86. The molecule has 0 aromatic carbocycles. The van der Waals surface area contributed by atoms with E-state index in [2.05, 4.69) is 54.8 Å². The average molecular weight is 451 g/mol. The SMILES string of the molecule is CCNC(=NCC(C)N1CCN(C)CC1)N1CC(C)CC(C)C1.I. The summed E-state index contributed by atoms with van der Waals surface area (Å²) in [5, 5.41) is 3.51. The number of hydrogen-bond donors (Lipinski definition) is 1.